The molecular weight excluding hydrogens is 429 g/mol. The molecular formula is C19H22Cl3NO3S. The van der Waals surface area contributed by atoms with Gasteiger partial charge in [-0.05, 0) is 41.5 Å². The zero-order valence-electron chi connectivity index (χ0n) is 15.2. The second-order valence-electron chi connectivity index (χ2n) is 7.93. The Bertz CT molecular complexity index is 861. The summed E-state index contributed by atoms with van der Waals surface area (Å²) < 4.78 is 24.1. The highest BCUT2D eigenvalue weighted by Gasteiger charge is 2.62. The van der Waals surface area contributed by atoms with E-state index >= 15 is 0 Å². The van der Waals surface area contributed by atoms with Gasteiger partial charge in [0.25, 0.3) is 0 Å². The fraction of sp³-hybridized carbons (Fsp3) is 0.526. The van der Waals surface area contributed by atoms with Crippen LogP contribution in [0.2, 0.25) is 5.02 Å². The van der Waals surface area contributed by atoms with Gasteiger partial charge in [-0.3, -0.25) is 4.79 Å². The summed E-state index contributed by atoms with van der Waals surface area (Å²) in [5, 5.41) is 0.616. The van der Waals surface area contributed by atoms with Crippen molar-refractivity contribution in [2.45, 2.75) is 32.9 Å². The molecule has 1 saturated carbocycles. The normalized spacial score (nSPS) is 27.8. The summed E-state index contributed by atoms with van der Waals surface area (Å²) in [4.78, 5) is 15.1. The summed E-state index contributed by atoms with van der Waals surface area (Å²) in [6.45, 7) is 4.35. The zero-order chi connectivity index (χ0) is 20.0. The van der Waals surface area contributed by atoms with Gasteiger partial charge < -0.3 is 4.90 Å². The van der Waals surface area contributed by atoms with Gasteiger partial charge in [0, 0.05) is 17.6 Å². The summed E-state index contributed by atoms with van der Waals surface area (Å²) in [5.74, 6) is -0.238. The Kier molecular flexibility index (Phi) is 5.89. The monoisotopic (exact) mass is 449 g/mol. The fourth-order valence-electron chi connectivity index (χ4n) is 3.97. The molecule has 3 rings (SSSR count). The number of sulfone groups is 1. The lowest BCUT2D eigenvalue weighted by Crippen LogP contribution is -2.42. The molecule has 1 saturated heterocycles. The number of allylic oxidation sites excluding steroid dienone is 1. The third-order valence-corrected chi connectivity index (χ3v) is 7.94. The van der Waals surface area contributed by atoms with E-state index < -0.39 is 9.84 Å². The van der Waals surface area contributed by atoms with Gasteiger partial charge in [0.2, 0.25) is 5.91 Å². The molecule has 0 aromatic heterocycles. The number of rotatable bonds is 5. The average Bonchev–Trinajstić information content (AvgIpc) is 2.90. The summed E-state index contributed by atoms with van der Waals surface area (Å²) in [6.07, 6.45) is 2.17. The first-order valence-electron chi connectivity index (χ1n) is 8.79. The lowest BCUT2D eigenvalue weighted by Gasteiger charge is -2.29. The van der Waals surface area contributed by atoms with Crippen molar-refractivity contribution in [3.8, 4) is 0 Å². The second-order valence-corrected chi connectivity index (χ2v) is 11.6. The van der Waals surface area contributed by atoms with Crippen LogP contribution in [-0.4, -0.2) is 36.8 Å². The van der Waals surface area contributed by atoms with Gasteiger partial charge in [-0.1, -0.05) is 60.8 Å². The summed E-state index contributed by atoms with van der Waals surface area (Å²) in [6, 6.07) is 6.94. The number of carbonyl (C=O) groups excluding carboxylic acids is 1. The highest BCUT2D eigenvalue weighted by atomic mass is 35.5. The average molecular weight is 451 g/mol. The SMILES string of the molecule is CC1(C)[C@H](C(=O)N(Cc2ccc(Cl)cc2)[C@@H]2CCS(=O)(=O)C2)[C@@H]1C=C(Cl)Cl. The number of carbonyl (C=O) groups is 1. The first kappa shape index (κ1) is 21.0. The molecule has 8 heteroatoms. The molecule has 0 N–H and O–H groups in total. The third kappa shape index (κ3) is 4.64. The minimum Gasteiger partial charge on any atom is -0.334 e. The maximum atomic E-state index is 13.4. The van der Waals surface area contributed by atoms with E-state index in [0.29, 0.717) is 18.0 Å². The maximum absolute atomic E-state index is 13.4. The number of hydrogen-bond donors (Lipinski definition) is 0. The van der Waals surface area contributed by atoms with Crippen LogP contribution in [0.1, 0.15) is 25.8 Å². The topological polar surface area (TPSA) is 54.5 Å². The van der Waals surface area contributed by atoms with Gasteiger partial charge in [-0.25, -0.2) is 8.42 Å². The van der Waals surface area contributed by atoms with Crippen LogP contribution in [0.4, 0.5) is 0 Å². The summed E-state index contributed by atoms with van der Waals surface area (Å²) in [5.41, 5.74) is 0.653. The van der Waals surface area contributed by atoms with E-state index in [-0.39, 0.29) is 45.2 Å². The summed E-state index contributed by atoms with van der Waals surface area (Å²) >= 11 is 17.6. The fourth-order valence-corrected chi connectivity index (χ4v) is 6.10. The molecule has 1 aliphatic carbocycles. The summed E-state index contributed by atoms with van der Waals surface area (Å²) in [7, 11) is -3.11. The molecule has 1 amide bonds. The van der Waals surface area contributed by atoms with Gasteiger partial charge >= 0.3 is 0 Å². The Morgan fingerprint density at radius 1 is 1.26 bits per heavy atom. The Morgan fingerprint density at radius 3 is 2.41 bits per heavy atom. The standard InChI is InChI=1S/C19H22Cl3NO3S/c1-19(2)15(9-16(21)22)17(19)18(24)23(14-7-8-27(25,26)11-14)10-12-3-5-13(20)6-4-12/h3-6,9,14-15,17H,7-8,10-11H2,1-2H3/t14-,15+,17+/m1/s1. The first-order chi connectivity index (χ1) is 12.5. The maximum Gasteiger partial charge on any atom is 0.227 e. The van der Waals surface area contributed by atoms with Gasteiger partial charge in [0.05, 0.1) is 17.4 Å². The van der Waals surface area contributed by atoms with Crippen LogP contribution in [0.25, 0.3) is 0 Å². The Hall–Kier alpha value is -0.750. The molecule has 148 valence electrons. The van der Waals surface area contributed by atoms with E-state index in [0.717, 1.165) is 5.56 Å². The van der Waals surface area contributed by atoms with E-state index in [9.17, 15) is 13.2 Å². The Labute approximate surface area is 175 Å². The van der Waals surface area contributed by atoms with Crippen LogP contribution < -0.4 is 0 Å². The smallest absolute Gasteiger partial charge is 0.227 e. The van der Waals surface area contributed by atoms with Crippen LogP contribution in [0.5, 0.6) is 0 Å². The minimum absolute atomic E-state index is 0.0102. The number of halogens is 3. The Balaban J connectivity index is 1.86. The van der Waals surface area contributed by atoms with Gasteiger partial charge in [0.1, 0.15) is 4.49 Å². The van der Waals surface area contributed by atoms with Crippen LogP contribution >= 0.6 is 34.8 Å². The number of amides is 1. The molecule has 1 aliphatic heterocycles. The highest BCUT2D eigenvalue weighted by molar-refractivity contribution is 7.91. The predicted molar refractivity (Wildman–Crippen MR) is 110 cm³/mol. The largest absolute Gasteiger partial charge is 0.334 e. The number of hydrogen-bond acceptors (Lipinski definition) is 3. The van der Waals surface area contributed by atoms with E-state index in [1.165, 1.54) is 0 Å². The van der Waals surface area contributed by atoms with Crippen molar-refractivity contribution in [1.29, 1.82) is 0 Å². The zero-order valence-corrected chi connectivity index (χ0v) is 18.2. The molecule has 1 aromatic rings. The molecule has 4 nitrogen and oxygen atoms in total. The predicted octanol–water partition coefficient (Wildman–Crippen LogP) is 4.45. The lowest BCUT2D eigenvalue weighted by molar-refractivity contribution is -0.136. The number of nitrogens with zero attached hydrogens (tertiary/aromatic N) is 1. The van der Waals surface area contributed by atoms with E-state index in [1.54, 1.807) is 23.1 Å². The van der Waals surface area contributed by atoms with Crippen molar-refractivity contribution in [3.63, 3.8) is 0 Å². The van der Waals surface area contributed by atoms with Crippen molar-refractivity contribution in [3.05, 3.63) is 45.4 Å². The lowest BCUT2D eigenvalue weighted by atomic mass is 10.1. The van der Waals surface area contributed by atoms with Crippen molar-refractivity contribution in [2.24, 2.45) is 17.3 Å². The molecule has 2 fully saturated rings. The van der Waals surface area contributed by atoms with Crippen molar-refractivity contribution >= 4 is 50.5 Å². The first-order valence-corrected chi connectivity index (χ1v) is 11.7. The molecule has 0 unspecified atom stereocenters. The van der Waals surface area contributed by atoms with E-state index in [2.05, 4.69) is 0 Å². The molecule has 0 spiro atoms. The van der Waals surface area contributed by atoms with Crippen LogP contribution in [-0.2, 0) is 21.2 Å². The molecule has 1 heterocycles. The van der Waals surface area contributed by atoms with Gasteiger partial charge in [0.15, 0.2) is 9.84 Å². The molecule has 0 radical (unpaired) electrons. The van der Waals surface area contributed by atoms with Crippen LogP contribution in [0.15, 0.2) is 34.8 Å². The van der Waals surface area contributed by atoms with Crippen LogP contribution in [0.3, 0.4) is 0 Å². The molecule has 1 aromatic carbocycles. The molecule has 3 atom stereocenters. The highest BCUT2D eigenvalue weighted by Crippen LogP contribution is 2.60. The quantitative estimate of drug-likeness (QED) is 0.666. The van der Waals surface area contributed by atoms with Crippen molar-refractivity contribution < 1.29 is 13.2 Å². The van der Waals surface area contributed by atoms with Crippen molar-refractivity contribution in [2.75, 3.05) is 11.5 Å². The molecule has 2 aliphatic rings. The number of benzene rings is 1. The van der Waals surface area contributed by atoms with Crippen LogP contribution in [0, 0.1) is 17.3 Å². The molecule has 0 bridgehead atoms. The van der Waals surface area contributed by atoms with Gasteiger partial charge in [-0.2, -0.15) is 0 Å². The Morgan fingerprint density at radius 2 is 1.89 bits per heavy atom. The molecule has 27 heavy (non-hydrogen) atoms. The van der Waals surface area contributed by atoms with E-state index in [4.69, 9.17) is 34.8 Å². The second kappa shape index (κ2) is 7.58. The van der Waals surface area contributed by atoms with Gasteiger partial charge in [-0.15, -0.1) is 0 Å². The van der Waals surface area contributed by atoms with E-state index in [1.807, 2.05) is 26.0 Å². The van der Waals surface area contributed by atoms with Crippen molar-refractivity contribution in [1.82, 2.24) is 4.90 Å². The third-order valence-electron chi connectivity index (χ3n) is 5.68. The minimum atomic E-state index is -3.11.